The first kappa shape index (κ1) is 19.9. The molecule has 0 fully saturated rings. The summed E-state index contributed by atoms with van der Waals surface area (Å²) in [5.74, 6) is 0.964. The smallest absolute Gasteiger partial charge is 0.133 e. The van der Waals surface area contributed by atoms with Gasteiger partial charge in [-0.3, -0.25) is 4.98 Å². The standard InChI is InChI=1S/C19H19Cl2N5S/c1-12(2)18-19(27-16-8-13(20)7-14(21)9-16)26(17(25-18)10-24-22)11-15-5-3-4-6-23-15/h3-9,12,22H,10-11H2,1-2H3. The zero-order valence-electron chi connectivity index (χ0n) is 15.0. The van der Waals surface area contributed by atoms with Crippen LogP contribution in [0.1, 0.15) is 37.0 Å². The number of hydrogen-bond acceptors (Lipinski definition) is 5. The van der Waals surface area contributed by atoms with Crippen molar-refractivity contribution in [2.24, 2.45) is 5.11 Å². The third kappa shape index (κ3) is 4.89. The van der Waals surface area contributed by atoms with Gasteiger partial charge in [0.15, 0.2) is 0 Å². The van der Waals surface area contributed by atoms with Crippen LogP contribution in [0.3, 0.4) is 0 Å². The molecule has 3 rings (SSSR count). The van der Waals surface area contributed by atoms with E-state index in [9.17, 15) is 0 Å². The number of nitrogens with zero attached hydrogens (tertiary/aromatic N) is 4. The zero-order valence-corrected chi connectivity index (χ0v) is 17.3. The molecular formula is C19H19Cl2N5S. The molecule has 0 unspecified atom stereocenters. The second kappa shape index (κ2) is 8.87. The van der Waals surface area contributed by atoms with Crippen molar-refractivity contribution in [2.75, 3.05) is 0 Å². The average Bonchev–Trinajstić information content (AvgIpc) is 2.93. The number of imidazole rings is 1. The van der Waals surface area contributed by atoms with Crippen molar-refractivity contribution in [3.8, 4) is 0 Å². The molecule has 0 bridgehead atoms. The van der Waals surface area contributed by atoms with Crippen molar-refractivity contribution >= 4 is 35.0 Å². The topological polar surface area (TPSA) is 66.9 Å². The summed E-state index contributed by atoms with van der Waals surface area (Å²) in [4.78, 5) is 10.1. The molecule has 0 spiro atoms. The molecule has 0 aliphatic carbocycles. The normalized spacial score (nSPS) is 11.1. The van der Waals surface area contributed by atoms with E-state index in [-0.39, 0.29) is 12.5 Å². The summed E-state index contributed by atoms with van der Waals surface area (Å²) in [5, 5.41) is 5.73. The molecule has 2 aromatic heterocycles. The fraction of sp³-hybridized carbons (Fsp3) is 0.263. The number of hydrogen-bond donors (Lipinski definition) is 1. The third-order valence-electron chi connectivity index (χ3n) is 3.89. The Morgan fingerprint density at radius 2 is 1.93 bits per heavy atom. The Labute approximate surface area is 172 Å². The van der Waals surface area contributed by atoms with E-state index in [0.717, 1.165) is 27.1 Å². The minimum Gasteiger partial charge on any atom is -0.315 e. The lowest BCUT2D eigenvalue weighted by Gasteiger charge is -2.13. The Balaban J connectivity index is 2.09. The van der Waals surface area contributed by atoms with Crippen molar-refractivity contribution < 1.29 is 0 Å². The van der Waals surface area contributed by atoms with Gasteiger partial charge >= 0.3 is 0 Å². The summed E-state index contributed by atoms with van der Waals surface area (Å²) in [6.45, 7) is 4.99. The maximum Gasteiger partial charge on any atom is 0.133 e. The summed E-state index contributed by atoms with van der Waals surface area (Å²) >= 11 is 13.9. The molecule has 27 heavy (non-hydrogen) atoms. The second-order valence-electron chi connectivity index (χ2n) is 6.30. The lowest BCUT2D eigenvalue weighted by Crippen LogP contribution is -2.07. The predicted molar refractivity (Wildman–Crippen MR) is 109 cm³/mol. The van der Waals surface area contributed by atoms with Gasteiger partial charge in [0.25, 0.3) is 0 Å². The Hall–Kier alpha value is -1.89. The van der Waals surface area contributed by atoms with E-state index >= 15 is 0 Å². The quantitative estimate of drug-likeness (QED) is 0.447. The largest absolute Gasteiger partial charge is 0.315 e. The van der Waals surface area contributed by atoms with Crippen molar-refractivity contribution in [3.63, 3.8) is 0 Å². The Bertz CT molecular complexity index is 921. The third-order valence-corrected chi connectivity index (χ3v) is 5.42. The molecule has 1 N–H and O–H groups in total. The molecule has 140 valence electrons. The number of benzene rings is 1. The fourth-order valence-electron chi connectivity index (χ4n) is 2.69. The van der Waals surface area contributed by atoms with Crippen LogP contribution in [0.25, 0.3) is 0 Å². The highest BCUT2D eigenvalue weighted by molar-refractivity contribution is 7.99. The van der Waals surface area contributed by atoms with Crippen LogP contribution < -0.4 is 0 Å². The monoisotopic (exact) mass is 419 g/mol. The van der Waals surface area contributed by atoms with Crippen molar-refractivity contribution in [1.29, 1.82) is 5.53 Å². The Kier molecular flexibility index (Phi) is 6.52. The predicted octanol–water partition coefficient (Wildman–Crippen LogP) is 6.44. The van der Waals surface area contributed by atoms with Crippen molar-refractivity contribution in [2.45, 2.75) is 42.8 Å². The summed E-state index contributed by atoms with van der Waals surface area (Å²) < 4.78 is 2.08. The SMILES string of the molecule is CC(C)c1nc(CN=N)n(Cc2ccccn2)c1Sc1cc(Cl)cc(Cl)c1. The van der Waals surface area contributed by atoms with Crippen molar-refractivity contribution in [3.05, 3.63) is 69.9 Å². The van der Waals surface area contributed by atoms with Gasteiger partial charge < -0.3 is 4.57 Å². The molecule has 0 atom stereocenters. The van der Waals surface area contributed by atoms with Crippen LogP contribution in [0.15, 0.2) is 57.6 Å². The Morgan fingerprint density at radius 3 is 2.52 bits per heavy atom. The molecule has 0 radical (unpaired) electrons. The van der Waals surface area contributed by atoms with E-state index in [1.165, 1.54) is 0 Å². The minimum atomic E-state index is 0.219. The van der Waals surface area contributed by atoms with Gasteiger partial charge in [-0.2, -0.15) is 5.11 Å². The van der Waals surface area contributed by atoms with Crippen LogP contribution in [-0.2, 0) is 13.1 Å². The van der Waals surface area contributed by atoms with Crippen LogP contribution in [0.2, 0.25) is 10.0 Å². The summed E-state index contributed by atoms with van der Waals surface area (Å²) in [7, 11) is 0. The average molecular weight is 420 g/mol. The van der Waals surface area contributed by atoms with Crippen LogP contribution in [0.4, 0.5) is 0 Å². The van der Waals surface area contributed by atoms with E-state index < -0.39 is 0 Å². The first-order valence-corrected chi connectivity index (χ1v) is 10.0. The number of halogens is 2. The Morgan fingerprint density at radius 1 is 1.19 bits per heavy atom. The van der Waals surface area contributed by atoms with Gasteiger partial charge in [-0.25, -0.2) is 10.5 Å². The van der Waals surface area contributed by atoms with Gasteiger partial charge in [0, 0.05) is 21.1 Å². The minimum absolute atomic E-state index is 0.219. The number of pyridine rings is 1. The molecule has 0 aliphatic heterocycles. The molecule has 0 saturated heterocycles. The molecule has 5 nitrogen and oxygen atoms in total. The molecule has 1 aromatic carbocycles. The molecule has 3 aromatic rings. The molecule has 0 amide bonds. The summed E-state index contributed by atoms with van der Waals surface area (Å²) in [5.41, 5.74) is 9.18. The molecule has 2 heterocycles. The lowest BCUT2D eigenvalue weighted by molar-refractivity contribution is 0.648. The van der Waals surface area contributed by atoms with Crippen LogP contribution in [0, 0.1) is 5.53 Å². The molecule has 0 aliphatic rings. The van der Waals surface area contributed by atoms with Crippen LogP contribution in [-0.4, -0.2) is 14.5 Å². The first-order valence-electron chi connectivity index (χ1n) is 8.44. The van der Waals surface area contributed by atoms with Gasteiger partial charge in [-0.05, 0) is 36.2 Å². The zero-order chi connectivity index (χ0) is 19.4. The van der Waals surface area contributed by atoms with E-state index in [1.807, 2.05) is 30.3 Å². The van der Waals surface area contributed by atoms with Crippen LogP contribution >= 0.6 is 35.0 Å². The number of rotatable bonds is 7. The van der Waals surface area contributed by atoms with E-state index in [4.69, 9.17) is 33.7 Å². The second-order valence-corrected chi connectivity index (χ2v) is 8.24. The highest BCUT2D eigenvalue weighted by Gasteiger charge is 2.21. The van der Waals surface area contributed by atoms with E-state index in [0.29, 0.717) is 16.6 Å². The lowest BCUT2D eigenvalue weighted by atomic mass is 10.1. The van der Waals surface area contributed by atoms with Crippen molar-refractivity contribution in [1.82, 2.24) is 14.5 Å². The molecule has 0 saturated carbocycles. The highest BCUT2D eigenvalue weighted by Crippen LogP contribution is 2.37. The maximum atomic E-state index is 7.30. The van der Waals surface area contributed by atoms with Gasteiger partial charge in [0.1, 0.15) is 17.4 Å². The van der Waals surface area contributed by atoms with E-state index in [1.54, 1.807) is 24.0 Å². The van der Waals surface area contributed by atoms with E-state index in [2.05, 4.69) is 28.5 Å². The maximum absolute atomic E-state index is 7.30. The molecular weight excluding hydrogens is 401 g/mol. The molecule has 8 heteroatoms. The summed E-state index contributed by atoms with van der Waals surface area (Å²) in [6, 6.07) is 11.3. The first-order chi connectivity index (χ1) is 13.0. The summed E-state index contributed by atoms with van der Waals surface area (Å²) in [6.07, 6.45) is 1.77. The fourth-order valence-corrected chi connectivity index (χ4v) is 4.61. The van der Waals surface area contributed by atoms with Gasteiger partial charge in [-0.1, -0.05) is 54.9 Å². The van der Waals surface area contributed by atoms with Gasteiger partial charge in [0.05, 0.1) is 17.9 Å². The van der Waals surface area contributed by atoms with Gasteiger partial charge in [0.2, 0.25) is 0 Å². The van der Waals surface area contributed by atoms with Crippen LogP contribution in [0.5, 0.6) is 0 Å². The highest BCUT2D eigenvalue weighted by atomic mass is 35.5. The number of nitrogens with one attached hydrogen (secondary N) is 1. The van der Waals surface area contributed by atoms with Gasteiger partial charge in [-0.15, -0.1) is 0 Å². The number of aromatic nitrogens is 3.